The number of hydrogen-bond donors (Lipinski definition) is 0. The van der Waals surface area contributed by atoms with Crippen LogP contribution < -0.4 is 0 Å². The number of carbonyl (C=O) groups is 2. The maximum atomic E-state index is 12.2. The van der Waals surface area contributed by atoms with Gasteiger partial charge in [0.2, 0.25) is 0 Å². The van der Waals surface area contributed by atoms with Crippen LogP contribution >= 0.6 is 0 Å². The van der Waals surface area contributed by atoms with E-state index in [1.54, 1.807) is 42.5 Å². The van der Waals surface area contributed by atoms with Crippen molar-refractivity contribution in [2.75, 3.05) is 19.9 Å². The number of likely N-dealkylation sites (N-methyl/N-ethyl adjacent to an activating group) is 1. The number of carbonyl (C=O) groups excluding carboxylic acids is 2. The second-order valence-electron chi connectivity index (χ2n) is 5.65. The molecule has 2 aromatic rings. The highest BCUT2D eigenvalue weighted by Crippen LogP contribution is 2.18. The Balaban J connectivity index is 1.92. The molecule has 0 spiro atoms. The van der Waals surface area contributed by atoms with Gasteiger partial charge in [-0.15, -0.1) is 0 Å². The van der Waals surface area contributed by atoms with Gasteiger partial charge in [-0.25, -0.2) is 4.79 Å². The van der Waals surface area contributed by atoms with E-state index in [1.807, 2.05) is 37.3 Å². The van der Waals surface area contributed by atoms with Crippen LogP contribution in [-0.4, -0.2) is 40.9 Å². The number of hydrogen-bond acceptors (Lipinski definition) is 4. The fourth-order valence-corrected chi connectivity index (χ4v) is 2.79. The summed E-state index contributed by atoms with van der Waals surface area (Å²) in [6.45, 7) is 1.59. The first-order chi connectivity index (χ1) is 11.9. The third-order valence-electron chi connectivity index (χ3n) is 4.01. The first-order valence-electron chi connectivity index (χ1n) is 7.81. The predicted molar refractivity (Wildman–Crippen MR) is 96.7 cm³/mol. The summed E-state index contributed by atoms with van der Waals surface area (Å²) in [4.78, 5) is 26.4. The molecular formula is C19H21NO4S. The first-order valence-corrected chi connectivity index (χ1v) is 9.37. The molecule has 25 heavy (non-hydrogen) atoms. The topological polar surface area (TPSA) is 63.7 Å². The summed E-state index contributed by atoms with van der Waals surface area (Å²) >= 11 is 0. The average molecular weight is 359 g/mol. The Kier molecular flexibility index (Phi) is 6.47. The molecule has 0 bridgehead atoms. The highest BCUT2D eigenvalue weighted by molar-refractivity contribution is 7.84. The van der Waals surface area contributed by atoms with E-state index >= 15 is 0 Å². The second-order valence-corrected chi connectivity index (χ2v) is 7.03. The molecule has 0 N–H and O–H groups in total. The summed E-state index contributed by atoms with van der Waals surface area (Å²) in [5.41, 5.74) is 1.33. The Hall–Kier alpha value is -2.47. The van der Waals surface area contributed by atoms with Crippen molar-refractivity contribution in [3.8, 4) is 0 Å². The number of esters is 1. The van der Waals surface area contributed by atoms with E-state index in [-0.39, 0.29) is 18.6 Å². The van der Waals surface area contributed by atoms with Gasteiger partial charge in [-0.2, -0.15) is 0 Å². The van der Waals surface area contributed by atoms with Crippen LogP contribution in [0.4, 0.5) is 0 Å². The van der Waals surface area contributed by atoms with Crippen molar-refractivity contribution >= 4 is 22.7 Å². The first kappa shape index (κ1) is 18.9. The van der Waals surface area contributed by atoms with Crippen molar-refractivity contribution < 1.29 is 18.5 Å². The molecule has 0 saturated heterocycles. The lowest BCUT2D eigenvalue weighted by atomic mass is 10.1. The number of ether oxygens (including phenoxy) is 1. The van der Waals surface area contributed by atoms with Crippen molar-refractivity contribution in [2.45, 2.75) is 17.9 Å². The molecule has 5 nitrogen and oxygen atoms in total. The third-order valence-corrected chi connectivity index (χ3v) is 4.94. The number of rotatable bonds is 6. The van der Waals surface area contributed by atoms with E-state index in [4.69, 9.17) is 4.74 Å². The van der Waals surface area contributed by atoms with Gasteiger partial charge in [0.1, 0.15) is 0 Å². The Morgan fingerprint density at radius 1 is 1.08 bits per heavy atom. The van der Waals surface area contributed by atoms with Gasteiger partial charge in [0, 0.05) is 29.0 Å². The summed E-state index contributed by atoms with van der Waals surface area (Å²) in [6, 6.07) is 15.8. The van der Waals surface area contributed by atoms with Crippen molar-refractivity contribution in [3.05, 3.63) is 65.7 Å². The lowest BCUT2D eigenvalue weighted by Gasteiger charge is -2.25. The van der Waals surface area contributed by atoms with Crippen LogP contribution in [0.15, 0.2) is 59.5 Å². The van der Waals surface area contributed by atoms with Crippen LogP contribution in [0.1, 0.15) is 28.9 Å². The SMILES string of the molecule is CC(c1ccccc1)N(C)C(=O)COC(=O)c1ccc(S(C)=O)cc1. The minimum Gasteiger partial charge on any atom is -0.452 e. The van der Waals surface area contributed by atoms with Crippen LogP contribution in [0.25, 0.3) is 0 Å². The monoisotopic (exact) mass is 359 g/mol. The molecule has 2 rings (SSSR count). The molecule has 0 aromatic heterocycles. The van der Waals surface area contributed by atoms with Gasteiger partial charge in [0.25, 0.3) is 5.91 Å². The fourth-order valence-electron chi connectivity index (χ4n) is 2.27. The smallest absolute Gasteiger partial charge is 0.338 e. The normalized spacial score (nSPS) is 12.9. The molecule has 0 aliphatic carbocycles. The van der Waals surface area contributed by atoms with E-state index in [0.29, 0.717) is 10.5 Å². The minimum absolute atomic E-state index is 0.119. The molecule has 1 amide bonds. The summed E-state index contributed by atoms with van der Waals surface area (Å²) < 4.78 is 16.4. The zero-order valence-electron chi connectivity index (χ0n) is 14.5. The van der Waals surface area contributed by atoms with Crippen molar-refractivity contribution in [1.82, 2.24) is 4.90 Å². The van der Waals surface area contributed by atoms with Gasteiger partial charge in [0.15, 0.2) is 6.61 Å². The molecule has 0 fully saturated rings. The van der Waals surface area contributed by atoms with Crippen LogP contribution in [0.3, 0.4) is 0 Å². The lowest BCUT2D eigenvalue weighted by molar-refractivity contribution is -0.135. The molecule has 0 aliphatic rings. The fraction of sp³-hybridized carbons (Fsp3) is 0.263. The van der Waals surface area contributed by atoms with Crippen molar-refractivity contribution in [1.29, 1.82) is 0 Å². The molecule has 0 saturated carbocycles. The molecular weight excluding hydrogens is 338 g/mol. The molecule has 2 atom stereocenters. The lowest BCUT2D eigenvalue weighted by Crippen LogP contribution is -2.33. The largest absolute Gasteiger partial charge is 0.452 e. The van der Waals surface area contributed by atoms with Gasteiger partial charge in [-0.1, -0.05) is 30.3 Å². The summed E-state index contributed by atoms with van der Waals surface area (Å²) in [6.07, 6.45) is 1.57. The standard InChI is InChI=1S/C19H21NO4S/c1-14(15-7-5-4-6-8-15)20(2)18(21)13-24-19(22)16-9-11-17(12-10-16)25(3)23/h4-12,14H,13H2,1-3H3. The zero-order valence-corrected chi connectivity index (χ0v) is 15.3. The summed E-state index contributed by atoms with van der Waals surface area (Å²) in [5, 5.41) is 0. The Labute approximate surface area is 150 Å². The quantitative estimate of drug-likeness (QED) is 0.744. The van der Waals surface area contributed by atoms with Gasteiger partial charge >= 0.3 is 5.97 Å². The minimum atomic E-state index is -1.10. The average Bonchev–Trinajstić information content (AvgIpc) is 2.65. The maximum Gasteiger partial charge on any atom is 0.338 e. The number of nitrogens with zero attached hydrogens (tertiary/aromatic N) is 1. The van der Waals surface area contributed by atoms with Gasteiger partial charge in [-0.05, 0) is 36.8 Å². The predicted octanol–water partition coefficient (Wildman–Crippen LogP) is 2.80. The van der Waals surface area contributed by atoms with Crippen molar-refractivity contribution in [3.63, 3.8) is 0 Å². The van der Waals surface area contributed by atoms with Crippen LogP contribution in [0.5, 0.6) is 0 Å². The van der Waals surface area contributed by atoms with E-state index in [1.165, 1.54) is 0 Å². The van der Waals surface area contributed by atoms with E-state index in [9.17, 15) is 13.8 Å². The number of amides is 1. The molecule has 0 heterocycles. The zero-order chi connectivity index (χ0) is 18.4. The third kappa shape index (κ3) is 5.00. The highest BCUT2D eigenvalue weighted by Gasteiger charge is 2.19. The van der Waals surface area contributed by atoms with E-state index in [2.05, 4.69) is 0 Å². The molecule has 6 heteroatoms. The molecule has 0 radical (unpaired) electrons. The van der Waals surface area contributed by atoms with Crippen LogP contribution in [0.2, 0.25) is 0 Å². The Morgan fingerprint density at radius 2 is 1.68 bits per heavy atom. The van der Waals surface area contributed by atoms with E-state index < -0.39 is 16.8 Å². The van der Waals surface area contributed by atoms with Crippen LogP contribution in [0, 0.1) is 0 Å². The van der Waals surface area contributed by atoms with Gasteiger partial charge < -0.3 is 9.64 Å². The second kappa shape index (κ2) is 8.58. The Morgan fingerprint density at radius 3 is 2.24 bits per heavy atom. The highest BCUT2D eigenvalue weighted by atomic mass is 32.2. The molecule has 132 valence electrons. The summed E-state index contributed by atoms with van der Waals surface area (Å²) in [7, 11) is 0.576. The molecule has 2 aromatic carbocycles. The summed E-state index contributed by atoms with van der Waals surface area (Å²) in [5.74, 6) is -0.862. The van der Waals surface area contributed by atoms with Crippen LogP contribution in [-0.2, 0) is 20.3 Å². The van der Waals surface area contributed by atoms with E-state index in [0.717, 1.165) is 5.56 Å². The molecule has 0 aliphatic heterocycles. The van der Waals surface area contributed by atoms with Gasteiger partial charge in [-0.3, -0.25) is 9.00 Å². The number of benzene rings is 2. The maximum absolute atomic E-state index is 12.2. The van der Waals surface area contributed by atoms with Crippen molar-refractivity contribution in [2.24, 2.45) is 0 Å². The Bertz CT molecular complexity index is 759. The molecule has 2 unspecified atom stereocenters. The van der Waals surface area contributed by atoms with Gasteiger partial charge in [0.05, 0.1) is 11.6 Å².